The largest absolute Gasteiger partial charge is 0.351 e. The Hall–Kier alpha value is -3.00. The van der Waals surface area contributed by atoms with Crippen molar-refractivity contribution in [3.63, 3.8) is 0 Å². The van der Waals surface area contributed by atoms with Gasteiger partial charge in [-0.2, -0.15) is 4.98 Å². The van der Waals surface area contributed by atoms with Gasteiger partial charge in [0, 0.05) is 16.4 Å². The molecule has 0 aliphatic carbocycles. The quantitative estimate of drug-likeness (QED) is 0.332. The van der Waals surface area contributed by atoms with Gasteiger partial charge in [-0.1, -0.05) is 59.2 Å². The highest BCUT2D eigenvalue weighted by Crippen LogP contribution is 2.40. The SMILES string of the molecule is CC1=C(c2nc(-c3cccs3)no2)C(c2ccccc2)NC(=S)N1c1ccc(C)c(Cl)c1. The minimum atomic E-state index is -0.225. The number of aryl methyl sites for hydroxylation is 1. The maximum Gasteiger partial charge on any atom is 0.258 e. The molecule has 5 rings (SSSR count). The first kappa shape index (κ1) is 20.9. The van der Waals surface area contributed by atoms with Gasteiger partial charge >= 0.3 is 0 Å². The summed E-state index contributed by atoms with van der Waals surface area (Å²) in [6.45, 7) is 3.99. The number of halogens is 1. The van der Waals surface area contributed by atoms with Crippen LogP contribution in [0.25, 0.3) is 16.3 Å². The number of aromatic nitrogens is 2. The van der Waals surface area contributed by atoms with E-state index in [0.717, 1.165) is 33.0 Å². The van der Waals surface area contributed by atoms with Gasteiger partial charge in [0.05, 0.1) is 16.5 Å². The molecule has 1 N–H and O–H groups in total. The molecule has 0 fully saturated rings. The maximum atomic E-state index is 6.42. The Morgan fingerprint density at radius 3 is 2.62 bits per heavy atom. The van der Waals surface area contributed by atoms with Crippen molar-refractivity contribution in [2.45, 2.75) is 19.9 Å². The molecule has 1 unspecified atom stereocenters. The van der Waals surface area contributed by atoms with Crippen LogP contribution in [0.15, 0.2) is 76.3 Å². The second-order valence-electron chi connectivity index (χ2n) is 7.46. The summed E-state index contributed by atoms with van der Waals surface area (Å²) in [6, 6.07) is 19.7. The lowest BCUT2D eigenvalue weighted by atomic mass is 9.94. The Morgan fingerprint density at radius 1 is 1.09 bits per heavy atom. The number of thiocarbonyl (C=S) groups is 1. The number of hydrogen-bond acceptors (Lipinski definition) is 5. The van der Waals surface area contributed by atoms with Gasteiger partial charge in [-0.15, -0.1) is 11.3 Å². The third-order valence-corrected chi connectivity index (χ3v) is 7.00. The van der Waals surface area contributed by atoms with Crippen molar-refractivity contribution in [2.24, 2.45) is 0 Å². The van der Waals surface area contributed by atoms with E-state index in [-0.39, 0.29) is 6.04 Å². The first-order chi connectivity index (χ1) is 15.5. The fourth-order valence-electron chi connectivity index (χ4n) is 3.79. The van der Waals surface area contributed by atoms with Crippen LogP contribution in [0.2, 0.25) is 5.02 Å². The minimum Gasteiger partial charge on any atom is -0.351 e. The summed E-state index contributed by atoms with van der Waals surface area (Å²) < 4.78 is 5.76. The van der Waals surface area contributed by atoms with E-state index in [0.29, 0.717) is 21.9 Å². The third kappa shape index (κ3) is 3.72. The number of hydrogen-bond donors (Lipinski definition) is 1. The van der Waals surface area contributed by atoms with Crippen molar-refractivity contribution < 1.29 is 4.52 Å². The van der Waals surface area contributed by atoms with Crippen LogP contribution < -0.4 is 10.2 Å². The summed E-state index contributed by atoms with van der Waals surface area (Å²) in [5.41, 5.74) is 4.72. The van der Waals surface area contributed by atoms with Gasteiger partial charge in [-0.05, 0) is 60.8 Å². The maximum absolute atomic E-state index is 6.42. The van der Waals surface area contributed by atoms with E-state index in [4.69, 9.17) is 33.3 Å². The minimum absolute atomic E-state index is 0.225. The van der Waals surface area contributed by atoms with Crippen LogP contribution in [0.3, 0.4) is 0 Å². The van der Waals surface area contributed by atoms with Crippen LogP contribution in [0.1, 0.15) is 30.0 Å². The lowest BCUT2D eigenvalue weighted by molar-refractivity contribution is 0.404. The lowest BCUT2D eigenvalue weighted by Crippen LogP contribution is -2.46. The molecular formula is C24H19ClN4OS2. The zero-order valence-electron chi connectivity index (χ0n) is 17.4. The number of anilines is 1. The predicted octanol–water partition coefficient (Wildman–Crippen LogP) is 6.63. The van der Waals surface area contributed by atoms with Crippen LogP contribution in [0.5, 0.6) is 0 Å². The molecule has 0 radical (unpaired) electrons. The van der Waals surface area contributed by atoms with E-state index >= 15 is 0 Å². The van der Waals surface area contributed by atoms with E-state index in [1.54, 1.807) is 11.3 Å². The average Bonchev–Trinajstić information content (AvgIpc) is 3.48. The van der Waals surface area contributed by atoms with Crippen LogP contribution >= 0.6 is 35.2 Å². The molecule has 0 spiro atoms. The summed E-state index contributed by atoms with van der Waals surface area (Å²) in [7, 11) is 0. The smallest absolute Gasteiger partial charge is 0.258 e. The number of rotatable bonds is 4. The summed E-state index contributed by atoms with van der Waals surface area (Å²) in [5.74, 6) is 1.03. The Kier molecular flexibility index (Phi) is 5.55. The standard InChI is InChI=1S/C24H19ClN4OS2/c1-14-10-11-17(13-18(14)25)29-15(2)20(21(26-24(29)31)16-7-4-3-5-8-16)23-27-22(28-30-23)19-9-6-12-32-19/h3-13,21H,1-2H3,(H,26,31). The van der Waals surface area contributed by atoms with Crippen molar-refractivity contribution in [1.29, 1.82) is 0 Å². The van der Waals surface area contributed by atoms with E-state index in [2.05, 4.69) is 22.6 Å². The molecule has 2 aromatic carbocycles. The fraction of sp³-hybridized carbons (Fsp3) is 0.125. The molecule has 2 aromatic heterocycles. The monoisotopic (exact) mass is 478 g/mol. The Balaban J connectivity index is 1.67. The Morgan fingerprint density at radius 2 is 1.91 bits per heavy atom. The average molecular weight is 479 g/mol. The zero-order valence-corrected chi connectivity index (χ0v) is 19.8. The van der Waals surface area contributed by atoms with Crippen LogP contribution in [-0.4, -0.2) is 15.3 Å². The topological polar surface area (TPSA) is 54.2 Å². The molecule has 4 aromatic rings. The third-order valence-electron chi connectivity index (χ3n) is 5.43. The number of thiophene rings is 1. The van der Waals surface area contributed by atoms with Crippen molar-refractivity contribution >= 4 is 51.5 Å². The van der Waals surface area contributed by atoms with Crippen molar-refractivity contribution in [3.05, 3.63) is 93.8 Å². The second kappa shape index (κ2) is 8.50. The van der Waals surface area contributed by atoms with Gasteiger partial charge in [0.1, 0.15) is 0 Å². The lowest BCUT2D eigenvalue weighted by Gasteiger charge is -2.37. The van der Waals surface area contributed by atoms with Gasteiger partial charge in [0.25, 0.3) is 5.89 Å². The summed E-state index contributed by atoms with van der Waals surface area (Å²) in [5, 5.41) is 11.0. The zero-order chi connectivity index (χ0) is 22.2. The molecular weight excluding hydrogens is 460 g/mol. The van der Waals surface area contributed by atoms with Crippen LogP contribution in [0.4, 0.5) is 5.69 Å². The molecule has 5 nitrogen and oxygen atoms in total. The van der Waals surface area contributed by atoms with Crippen molar-refractivity contribution in [2.75, 3.05) is 4.90 Å². The number of allylic oxidation sites excluding steroid dienone is 1. The first-order valence-corrected chi connectivity index (χ1v) is 11.7. The molecule has 0 saturated carbocycles. The molecule has 32 heavy (non-hydrogen) atoms. The molecule has 8 heteroatoms. The van der Waals surface area contributed by atoms with Gasteiger partial charge in [-0.25, -0.2) is 0 Å². The molecule has 1 atom stereocenters. The number of benzene rings is 2. The summed E-state index contributed by atoms with van der Waals surface area (Å²) in [6.07, 6.45) is 0. The van der Waals surface area contributed by atoms with Crippen LogP contribution in [-0.2, 0) is 0 Å². The van der Waals surface area contributed by atoms with E-state index in [9.17, 15) is 0 Å². The second-order valence-corrected chi connectivity index (χ2v) is 9.20. The van der Waals surface area contributed by atoms with Crippen LogP contribution in [0, 0.1) is 6.92 Å². The summed E-state index contributed by atoms with van der Waals surface area (Å²) >= 11 is 13.8. The Bertz CT molecular complexity index is 1320. The Labute approximate surface area is 200 Å². The van der Waals surface area contributed by atoms with Crippen molar-refractivity contribution in [1.82, 2.24) is 15.5 Å². The highest BCUT2D eigenvalue weighted by atomic mass is 35.5. The van der Waals surface area contributed by atoms with Gasteiger partial charge < -0.3 is 9.84 Å². The molecule has 0 saturated heterocycles. The first-order valence-electron chi connectivity index (χ1n) is 10.0. The van der Waals surface area contributed by atoms with E-state index in [1.165, 1.54) is 0 Å². The molecule has 0 bridgehead atoms. The van der Waals surface area contributed by atoms with Gasteiger partial charge in [0.15, 0.2) is 5.11 Å². The number of nitrogens with zero attached hydrogens (tertiary/aromatic N) is 3. The fourth-order valence-corrected chi connectivity index (χ4v) is 4.97. The van der Waals surface area contributed by atoms with Crippen molar-refractivity contribution in [3.8, 4) is 10.7 Å². The normalized spacial score (nSPS) is 16.4. The van der Waals surface area contributed by atoms with E-state index < -0.39 is 0 Å². The molecule has 160 valence electrons. The summed E-state index contributed by atoms with van der Waals surface area (Å²) in [4.78, 5) is 7.64. The highest BCUT2D eigenvalue weighted by Gasteiger charge is 2.34. The molecule has 1 aliphatic heterocycles. The van der Waals surface area contributed by atoms with Gasteiger partial charge in [-0.3, -0.25) is 4.90 Å². The van der Waals surface area contributed by atoms with E-state index in [1.807, 2.05) is 72.7 Å². The predicted molar refractivity (Wildman–Crippen MR) is 134 cm³/mol. The molecule has 3 heterocycles. The highest BCUT2D eigenvalue weighted by molar-refractivity contribution is 7.80. The molecule has 1 aliphatic rings. The molecule has 0 amide bonds. The van der Waals surface area contributed by atoms with Gasteiger partial charge in [0.2, 0.25) is 5.82 Å². The number of nitrogens with one attached hydrogen (secondary N) is 1.